The molecule has 1 aromatic heterocycles. The molecule has 1 atom stereocenters. The van der Waals surface area contributed by atoms with Crippen molar-refractivity contribution in [1.29, 1.82) is 0 Å². The Bertz CT molecular complexity index is 846. The first-order chi connectivity index (χ1) is 12.1. The molecule has 3 aromatic rings. The van der Waals surface area contributed by atoms with Crippen molar-refractivity contribution in [2.45, 2.75) is 19.8 Å². The second-order valence-corrected chi connectivity index (χ2v) is 5.94. The van der Waals surface area contributed by atoms with Gasteiger partial charge in [0.25, 0.3) is 0 Å². The van der Waals surface area contributed by atoms with E-state index in [2.05, 4.69) is 20.4 Å². The lowest BCUT2D eigenvalue weighted by molar-refractivity contribution is 0.361. The summed E-state index contributed by atoms with van der Waals surface area (Å²) in [4.78, 5) is 8.80. The number of anilines is 1. The number of nitrogens with one attached hydrogen (secondary N) is 1. The van der Waals surface area contributed by atoms with Crippen LogP contribution in [0.25, 0.3) is 11.4 Å². The molecule has 0 aliphatic carbocycles. The summed E-state index contributed by atoms with van der Waals surface area (Å²) in [7, 11) is 0. The molecule has 2 aromatic carbocycles. The number of aryl methyl sites for hydroxylation is 1. The van der Waals surface area contributed by atoms with Gasteiger partial charge in [0.15, 0.2) is 5.96 Å². The molecule has 3 N–H and O–H groups in total. The fourth-order valence-corrected chi connectivity index (χ4v) is 2.28. The summed E-state index contributed by atoms with van der Waals surface area (Å²) in [6.07, 6.45) is 0. The third-order valence-corrected chi connectivity index (χ3v) is 3.75. The van der Waals surface area contributed by atoms with Gasteiger partial charge < -0.3 is 15.6 Å². The van der Waals surface area contributed by atoms with E-state index in [1.54, 1.807) is 0 Å². The van der Waals surface area contributed by atoms with Crippen LogP contribution in [-0.2, 0) is 0 Å². The van der Waals surface area contributed by atoms with Gasteiger partial charge in [0.2, 0.25) is 11.7 Å². The monoisotopic (exact) mass is 463 g/mol. The first-order valence-electron chi connectivity index (χ1n) is 8.14. The Morgan fingerprint density at radius 1 is 1.15 bits per heavy atom. The number of rotatable bonds is 5. The van der Waals surface area contributed by atoms with E-state index in [1.165, 1.54) is 5.56 Å². The quantitative estimate of drug-likeness (QED) is 0.337. The predicted octanol–water partition coefficient (Wildman–Crippen LogP) is 4.19. The molecule has 0 aliphatic rings. The summed E-state index contributed by atoms with van der Waals surface area (Å²) in [5, 5.41) is 7.10. The molecule has 0 bridgehead atoms. The number of hydrogen-bond donors (Lipinski definition) is 2. The van der Waals surface area contributed by atoms with Gasteiger partial charge in [-0.05, 0) is 19.1 Å². The summed E-state index contributed by atoms with van der Waals surface area (Å²) < 4.78 is 5.35. The van der Waals surface area contributed by atoms with E-state index in [9.17, 15) is 0 Å². The Labute approximate surface area is 169 Å². The lowest BCUT2D eigenvalue weighted by Gasteiger charge is -2.07. The third kappa shape index (κ3) is 5.29. The molecule has 0 saturated carbocycles. The zero-order valence-corrected chi connectivity index (χ0v) is 17.0. The van der Waals surface area contributed by atoms with Gasteiger partial charge in [0.1, 0.15) is 0 Å². The number of halogens is 1. The van der Waals surface area contributed by atoms with Crippen molar-refractivity contribution in [3.05, 3.63) is 66.1 Å². The lowest BCUT2D eigenvalue weighted by atomic mass is 10.2. The SMILES string of the molecule is Cc1ccc(NC(N)=NCC(C)c2nc(-c3ccccc3)no2)cc1.I. The Morgan fingerprint density at radius 3 is 2.54 bits per heavy atom. The van der Waals surface area contributed by atoms with Crippen molar-refractivity contribution in [2.75, 3.05) is 11.9 Å². The minimum absolute atomic E-state index is 0. The highest BCUT2D eigenvalue weighted by atomic mass is 127. The van der Waals surface area contributed by atoms with Crippen LogP contribution in [-0.4, -0.2) is 22.6 Å². The van der Waals surface area contributed by atoms with Gasteiger partial charge in [-0.2, -0.15) is 4.98 Å². The molecule has 0 amide bonds. The van der Waals surface area contributed by atoms with Crippen molar-refractivity contribution < 1.29 is 4.52 Å². The maximum atomic E-state index is 5.94. The number of hydrogen-bond acceptors (Lipinski definition) is 4. The van der Waals surface area contributed by atoms with Crippen molar-refractivity contribution in [1.82, 2.24) is 10.1 Å². The average molecular weight is 463 g/mol. The van der Waals surface area contributed by atoms with Crippen LogP contribution >= 0.6 is 24.0 Å². The third-order valence-electron chi connectivity index (χ3n) is 3.75. The van der Waals surface area contributed by atoms with E-state index in [0.717, 1.165) is 11.3 Å². The Morgan fingerprint density at radius 2 is 1.85 bits per heavy atom. The van der Waals surface area contributed by atoms with Gasteiger partial charge in [-0.1, -0.05) is 60.1 Å². The summed E-state index contributed by atoms with van der Waals surface area (Å²) in [6, 6.07) is 17.7. The van der Waals surface area contributed by atoms with Crippen molar-refractivity contribution >= 4 is 35.6 Å². The Hall–Kier alpha value is -2.42. The van der Waals surface area contributed by atoms with E-state index in [1.807, 2.05) is 68.4 Å². The molecule has 7 heteroatoms. The molecule has 0 spiro atoms. The second-order valence-electron chi connectivity index (χ2n) is 5.94. The van der Waals surface area contributed by atoms with Gasteiger partial charge in [-0.15, -0.1) is 24.0 Å². The number of guanidine groups is 1. The molecule has 1 unspecified atom stereocenters. The van der Waals surface area contributed by atoms with E-state index < -0.39 is 0 Å². The highest BCUT2D eigenvalue weighted by Gasteiger charge is 2.15. The second kappa shape index (κ2) is 9.33. The molecule has 0 aliphatic heterocycles. The van der Waals surface area contributed by atoms with Crippen LogP contribution in [0.5, 0.6) is 0 Å². The van der Waals surface area contributed by atoms with Gasteiger partial charge in [-0.3, -0.25) is 4.99 Å². The Kier molecular flexibility index (Phi) is 7.14. The topological polar surface area (TPSA) is 89.3 Å². The fraction of sp³-hybridized carbons (Fsp3) is 0.211. The zero-order valence-electron chi connectivity index (χ0n) is 14.7. The normalized spacial score (nSPS) is 12.3. The molecule has 0 saturated heterocycles. The first-order valence-corrected chi connectivity index (χ1v) is 8.14. The number of benzene rings is 2. The molecule has 1 heterocycles. The molecular formula is C19H22IN5O. The number of nitrogens with two attached hydrogens (primary N) is 1. The standard InChI is InChI=1S/C19H21N5O.HI/c1-13-8-10-16(11-9-13)22-19(20)21-12-14(2)18-23-17(24-25-18)15-6-4-3-5-7-15;/h3-11,14H,12H2,1-2H3,(H3,20,21,22);1H. The van der Waals surface area contributed by atoms with Crippen LogP contribution < -0.4 is 11.1 Å². The maximum Gasteiger partial charge on any atom is 0.231 e. The molecular weight excluding hydrogens is 441 g/mol. The number of aromatic nitrogens is 2. The summed E-state index contributed by atoms with van der Waals surface area (Å²) in [6.45, 7) is 4.48. The van der Waals surface area contributed by atoms with Gasteiger partial charge >= 0.3 is 0 Å². The van der Waals surface area contributed by atoms with Crippen LogP contribution in [0, 0.1) is 6.92 Å². The summed E-state index contributed by atoms with van der Waals surface area (Å²) in [5.41, 5.74) is 8.96. The van der Waals surface area contributed by atoms with Crippen LogP contribution in [0.2, 0.25) is 0 Å². The van der Waals surface area contributed by atoms with Crippen LogP contribution in [0.3, 0.4) is 0 Å². The van der Waals surface area contributed by atoms with Crippen molar-refractivity contribution in [3.63, 3.8) is 0 Å². The summed E-state index contributed by atoms with van der Waals surface area (Å²) >= 11 is 0. The van der Waals surface area contributed by atoms with Gasteiger partial charge in [-0.25, -0.2) is 0 Å². The minimum atomic E-state index is -0.0247. The van der Waals surface area contributed by atoms with Crippen LogP contribution in [0.15, 0.2) is 64.1 Å². The zero-order chi connectivity index (χ0) is 17.6. The van der Waals surface area contributed by atoms with Crippen molar-refractivity contribution in [2.24, 2.45) is 10.7 Å². The molecule has 3 rings (SSSR count). The summed E-state index contributed by atoms with van der Waals surface area (Å²) in [5.74, 6) is 1.46. The Balaban J connectivity index is 0.00000243. The lowest BCUT2D eigenvalue weighted by Crippen LogP contribution is -2.23. The van der Waals surface area contributed by atoms with Crippen LogP contribution in [0.1, 0.15) is 24.3 Å². The molecule has 6 nitrogen and oxygen atoms in total. The van der Waals surface area contributed by atoms with Crippen LogP contribution in [0.4, 0.5) is 5.69 Å². The van der Waals surface area contributed by atoms with E-state index in [-0.39, 0.29) is 29.9 Å². The first kappa shape index (κ1) is 19.9. The van der Waals surface area contributed by atoms with Gasteiger partial charge in [0.05, 0.1) is 12.5 Å². The van der Waals surface area contributed by atoms with Gasteiger partial charge in [0, 0.05) is 11.3 Å². The molecule has 0 radical (unpaired) electrons. The maximum absolute atomic E-state index is 5.94. The largest absolute Gasteiger partial charge is 0.370 e. The predicted molar refractivity (Wildman–Crippen MR) is 115 cm³/mol. The van der Waals surface area contributed by atoms with E-state index in [0.29, 0.717) is 24.2 Å². The average Bonchev–Trinajstić information content (AvgIpc) is 3.13. The molecule has 0 fully saturated rings. The van der Waals surface area contributed by atoms with Crippen molar-refractivity contribution in [3.8, 4) is 11.4 Å². The van der Waals surface area contributed by atoms with E-state index >= 15 is 0 Å². The smallest absolute Gasteiger partial charge is 0.231 e. The fourth-order valence-electron chi connectivity index (χ4n) is 2.28. The minimum Gasteiger partial charge on any atom is -0.370 e. The molecule has 26 heavy (non-hydrogen) atoms. The molecule has 136 valence electrons. The number of aliphatic imine (C=N–C) groups is 1. The van der Waals surface area contributed by atoms with E-state index in [4.69, 9.17) is 10.3 Å². The number of nitrogens with zero attached hydrogens (tertiary/aromatic N) is 3. The highest BCUT2D eigenvalue weighted by Crippen LogP contribution is 2.19. The highest BCUT2D eigenvalue weighted by molar-refractivity contribution is 14.0.